The zero-order chi connectivity index (χ0) is 7.98. The van der Waals surface area contributed by atoms with Crippen molar-refractivity contribution in [2.24, 2.45) is 0 Å². The Morgan fingerprint density at radius 2 is 2.00 bits per heavy atom. The molecule has 0 bridgehead atoms. The van der Waals surface area contributed by atoms with Crippen LogP contribution in [0.15, 0.2) is 0 Å². The van der Waals surface area contributed by atoms with Crippen LogP contribution in [-0.2, 0) is 15.7 Å². The van der Waals surface area contributed by atoms with Crippen molar-refractivity contribution >= 4 is 16.9 Å². The Morgan fingerprint density at radius 3 is 2.36 bits per heavy atom. The molecule has 0 saturated carbocycles. The molecule has 0 aliphatic heterocycles. The zero-order valence-electron chi connectivity index (χ0n) is 6.97. The number of aliphatic carboxylic acids is 1. The molecule has 0 radical (unpaired) electrons. The number of hydrogen-bond acceptors (Lipinski definition) is 1. The van der Waals surface area contributed by atoms with E-state index in [0.29, 0.717) is 17.3 Å². The number of halogens is 1. The van der Waals surface area contributed by atoms with Crippen LogP contribution in [0.4, 0.5) is 0 Å². The third-order valence-corrected chi connectivity index (χ3v) is 3.22. The van der Waals surface area contributed by atoms with Crippen molar-refractivity contribution in [3.8, 4) is 0 Å². The second-order valence-corrected chi connectivity index (χ2v) is 4.71. The minimum atomic E-state index is -0.671. The summed E-state index contributed by atoms with van der Waals surface area (Å²) in [5, 5.41) is 8.34. The van der Waals surface area contributed by atoms with Gasteiger partial charge in [0, 0.05) is 0 Å². The first-order chi connectivity index (χ1) is 4.66. The molecule has 1 N–H and O–H groups in total. The first-order valence-electron chi connectivity index (χ1n) is 3.47. The third-order valence-electron chi connectivity index (χ3n) is 1.22. The van der Waals surface area contributed by atoms with Gasteiger partial charge >= 0.3 is 5.97 Å². The van der Waals surface area contributed by atoms with Crippen molar-refractivity contribution in [2.75, 3.05) is 17.8 Å². The fraction of sp³-hybridized carbons (Fsp3) is 0.857. The molecule has 0 fully saturated rings. The van der Waals surface area contributed by atoms with Gasteiger partial charge in [0.2, 0.25) is 0 Å². The van der Waals surface area contributed by atoms with Gasteiger partial charge in [-0.3, -0.25) is 4.79 Å². The summed E-state index contributed by atoms with van der Waals surface area (Å²) in [6.07, 6.45) is 3.63. The summed E-state index contributed by atoms with van der Waals surface area (Å²) in [4.78, 5) is 10.1. The molecular formula is C7H15ClO2S. The normalized spacial score (nSPS) is 11.8. The van der Waals surface area contributed by atoms with E-state index < -0.39 is 5.97 Å². The molecule has 4 heteroatoms. The average Bonchev–Trinajstić information content (AvgIpc) is 1.85. The van der Waals surface area contributed by atoms with Crippen LogP contribution in [0, 0.1) is 0 Å². The van der Waals surface area contributed by atoms with Crippen molar-refractivity contribution in [2.45, 2.75) is 19.8 Å². The number of carboxylic acid groups (broad SMARTS) is 1. The van der Waals surface area contributed by atoms with Gasteiger partial charge in [0.1, 0.15) is 11.5 Å². The smallest absolute Gasteiger partial charge is 0.308 e. The van der Waals surface area contributed by atoms with E-state index >= 15 is 0 Å². The SMILES string of the molecule is CCC[S+](C)CCC(=O)O.[Cl-]. The van der Waals surface area contributed by atoms with Gasteiger partial charge in [0.15, 0.2) is 0 Å². The maximum atomic E-state index is 10.1. The Labute approximate surface area is 77.1 Å². The highest BCUT2D eigenvalue weighted by molar-refractivity contribution is 7.96. The topological polar surface area (TPSA) is 37.3 Å². The molecule has 0 heterocycles. The predicted molar refractivity (Wildman–Crippen MR) is 45.6 cm³/mol. The van der Waals surface area contributed by atoms with E-state index in [2.05, 4.69) is 13.2 Å². The summed E-state index contributed by atoms with van der Waals surface area (Å²) in [7, 11) is 0.329. The van der Waals surface area contributed by atoms with Crippen molar-refractivity contribution in [1.82, 2.24) is 0 Å². The average molecular weight is 199 g/mol. The van der Waals surface area contributed by atoms with E-state index in [1.54, 1.807) is 0 Å². The first-order valence-corrected chi connectivity index (χ1v) is 5.45. The Balaban J connectivity index is 0. The second kappa shape index (κ2) is 8.21. The number of hydrogen-bond donors (Lipinski definition) is 1. The molecule has 0 saturated heterocycles. The summed E-state index contributed by atoms with van der Waals surface area (Å²) < 4.78 is 0. The summed E-state index contributed by atoms with van der Waals surface area (Å²) in [6.45, 7) is 2.13. The minimum Gasteiger partial charge on any atom is -1.00 e. The van der Waals surface area contributed by atoms with E-state index in [1.807, 2.05) is 0 Å². The molecule has 0 aromatic heterocycles. The molecule has 2 nitrogen and oxygen atoms in total. The van der Waals surface area contributed by atoms with E-state index in [1.165, 1.54) is 12.2 Å². The Kier molecular flexibility index (Phi) is 10.2. The van der Waals surface area contributed by atoms with Gasteiger partial charge in [-0.25, -0.2) is 0 Å². The molecule has 0 aliphatic carbocycles. The first kappa shape index (κ1) is 13.7. The number of carboxylic acids is 1. The molecule has 0 rings (SSSR count). The molecule has 11 heavy (non-hydrogen) atoms. The monoisotopic (exact) mass is 198 g/mol. The van der Waals surface area contributed by atoms with Crippen LogP contribution in [-0.4, -0.2) is 28.8 Å². The second-order valence-electron chi connectivity index (χ2n) is 2.33. The fourth-order valence-electron chi connectivity index (χ4n) is 0.712. The largest absolute Gasteiger partial charge is 1.00 e. The fourth-order valence-corrected chi connectivity index (χ4v) is 2.14. The Morgan fingerprint density at radius 1 is 1.45 bits per heavy atom. The van der Waals surface area contributed by atoms with E-state index in [0.717, 1.165) is 5.75 Å². The summed E-state index contributed by atoms with van der Waals surface area (Å²) >= 11 is 0. The van der Waals surface area contributed by atoms with Gasteiger partial charge < -0.3 is 17.5 Å². The van der Waals surface area contributed by atoms with Crippen LogP contribution < -0.4 is 12.4 Å². The standard InChI is InChI=1S/C7H14O2S.ClH/c1-3-5-10(2)6-4-7(8)9;/h3-6H2,1-2H3;1H. The van der Waals surface area contributed by atoms with Crippen LogP contribution in [0.5, 0.6) is 0 Å². The van der Waals surface area contributed by atoms with Crippen molar-refractivity contribution in [3.63, 3.8) is 0 Å². The molecule has 1 unspecified atom stereocenters. The van der Waals surface area contributed by atoms with E-state index in [4.69, 9.17) is 5.11 Å². The maximum Gasteiger partial charge on any atom is 0.308 e. The van der Waals surface area contributed by atoms with Gasteiger partial charge in [0.25, 0.3) is 0 Å². The van der Waals surface area contributed by atoms with Crippen LogP contribution >= 0.6 is 0 Å². The maximum absolute atomic E-state index is 10.1. The molecule has 0 spiro atoms. The van der Waals surface area contributed by atoms with Gasteiger partial charge in [-0.2, -0.15) is 0 Å². The van der Waals surface area contributed by atoms with E-state index in [-0.39, 0.29) is 12.4 Å². The van der Waals surface area contributed by atoms with Crippen LogP contribution in [0.2, 0.25) is 0 Å². The molecule has 0 aromatic carbocycles. The Bertz CT molecular complexity index is 109. The summed E-state index contributed by atoms with van der Waals surface area (Å²) in [6, 6.07) is 0. The van der Waals surface area contributed by atoms with Gasteiger partial charge in [-0.05, 0) is 17.3 Å². The summed E-state index contributed by atoms with van der Waals surface area (Å²) in [5.74, 6) is 1.35. The van der Waals surface area contributed by atoms with Crippen LogP contribution in [0.25, 0.3) is 0 Å². The van der Waals surface area contributed by atoms with Crippen LogP contribution in [0.1, 0.15) is 19.8 Å². The molecule has 68 valence electrons. The highest BCUT2D eigenvalue weighted by Crippen LogP contribution is 1.96. The number of rotatable bonds is 5. The van der Waals surface area contributed by atoms with Gasteiger partial charge in [-0.1, -0.05) is 6.92 Å². The Hall–Kier alpha value is 0.110. The zero-order valence-corrected chi connectivity index (χ0v) is 8.54. The van der Waals surface area contributed by atoms with Crippen molar-refractivity contribution < 1.29 is 22.3 Å². The summed E-state index contributed by atoms with van der Waals surface area (Å²) in [5.41, 5.74) is 0. The van der Waals surface area contributed by atoms with Crippen molar-refractivity contribution in [1.29, 1.82) is 0 Å². The highest BCUT2D eigenvalue weighted by Gasteiger charge is 2.10. The highest BCUT2D eigenvalue weighted by atomic mass is 35.5. The lowest BCUT2D eigenvalue weighted by atomic mass is 10.5. The lowest BCUT2D eigenvalue weighted by Gasteiger charge is -1.97. The van der Waals surface area contributed by atoms with Crippen molar-refractivity contribution in [3.05, 3.63) is 0 Å². The van der Waals surface area contributed by atoms with Gasteiger partial charge in [-0.15, -0.1) is 0 Å². The molecular weight excluding hydrogens is 184 g/mol. The molecule has 0 amide bonds. The molecule has 0 aromatic rings. The lowest BCUT2D eigenvalue weighted by Crippen LogP contribution is -3.00. The molecule has 0 aliphatic rings. The minimum absolute atomic E-state index is 0. The van der Waals surface area contributed by atoms with Crippen LogP contribution in [0.3, 0.4) is 0 Å². The predicted octanol–water partition coefficient (Wildman–Crippen LogP) is -1.88. The number of carbonyl (C=O) groups is 1. The quantitative estimate of drug-likeness (QED) is 0.526. The van der Waals surface area contributed by atoms with Gasteiger partial charge in [0.05, 0.1) is 12.7 Å². The third kappa shape index (κ3) is 10.1. The molecule has 1 atom stereocenters. The lowest BCUT2D eigenvalue weighted by molar-refractivity contribution is -0.136. The van der Waals surface area contributed by atoms with E-state index in [9.17, 15) is 4.79 Å².